The lowest BCUT2D eigenvalue weighted by Gasteiger charge is -2.35. The Labute approximate surface area is 250 Å². The molecule has 0 aliphatic carbocycles. The summed E-state index contributed by atoms with van der Waals surface area (Å²) < 4.78 is 45.7. The number of ether oxygens (including phenoxy) is 1. The van der Waals surface area contributed by atoms with Gasteiger partial charge >= 0.3 is 0 Å². The molecule has 0 saturated heterocycles. The number of anilines is 1. The molecule has 2 amide bonds. The molecule has 0 bridgehead atoms. The van der Waals surface area contributed by atoms with Crippen molar-refractivity contribution in [1.29, 1.82) is 0 Å². The maximum Gasteiger partial charge on any atom is 0.271 e. The third-order valence-corrected chi connectivity index (χ3v) is 7.48. The predicted molar refractivity (Wildman–Crippen MR) is 161 cm³/mol. The molecular formula is C30H35FN4O7S. The maximum atomic E-state index is 14.2. The zero-order valence-corrected chi connectivity index (χ0v) is 25.4. The minimum absolute atomic E-state index is 0.0137. The van der Waals surface area contributed by atoms with Gasteiger partial charge in [0.2, 0.25) is 21.8 Å². The molecule has 0 radical (unpaired) electrons. The van der Waals surface area contributed by atoms with Crippen molar-refractivity contribution in [2.45, 2.75) is 45.3 Å². The highest BCUT2D eigenvalue weighted by molar-refractivity contribution is 7.92. The van der Waals surface area contributed by atoms with Crippen molar-refractivity contribution >= 4 is 33.2 Å². The van der Waals surface area contributed by atoms with Gasteiger partial charge in [0.15, 0.2) is 0 Å². The van der Waals surface area contributed by atoms with Gasteiger partial charge in [-0.05, 0) is 50.1 Å². The Morgan fingerprint density at radius 1 is 1.02 bits per heavy atom. The molecule has 3 rings (SSSR count). The van der Waals surface area contributed by atoms with E-state index in [2.05, 4.69) is 5.32 Å². The van der Waals surface area contributed by atoms with Crippen LogP contribution < -0.4 is 14.4 Å². The second-order valence-electron chi connectivity index (χ2n) is 11.0. The van der Waals surface area contributed by atoms with Crippen molar-refractivity contribution in [3.63, 3.8) is 0 Å². The molecule has 13 heteroatoms. The number of nitro groups is 1. The fourth-order valence-corrected chi connectivity index (χ4v) is 5.22. The van der Waals surface area contributed by atoms with Crippen LogP contribution in [0.15, 0.2) is 72.8 Å². The molecule has 0 fully saturated rings. The Morgan fingerprint density at radius 3 is 2.19 bits per heavy atom. The number of halogens is 1. The summed E-state index contributed by atoms with van der Waals surface area (Å²) in [4.78, 5) is 39.9. The standard InChI is InChI=1S/C30H35FN4O7S/c1-30(2,3)32-29(37)26(17-21-9-7-6-8-10-21)33(19-22-11-13-23(31)14-12-22)28(36)20-34(43(5,40)41)25-18-24(35(38)39)15-16-27(25)42-4/h6-16,18,26H,17,19-20H2,1-5H3,(H,32,37)/t26-/m0/s1. The first-order valence-electron chi connectivity index (χ1n) is 13.3. The molecule has 230 valence electrons. The highest BCUT2D eigenvalue weighted by Gasteiger charge is 2.35. The zero-order chi connectivity index (χ0) is 31.9. The minimum atomic E-state index is -4.20. The number of nitro benzene ring substituents is 1. The van der Waals surface area contributed by atoms with Crippen LogP contribution in [0.4, 0.5) is 15.8 Å². The van der Waals surface area contributed by atoms with Crippen LogP contribution in [0.5, 0.6) is 5.75 Å². The van der Waals surface area contributed by atoms with Crippen molar-refractivity contribution in [2.24, 2.45) is 0 Å². The van der Waals surface area contributed by atoms with Gasteiger partial charge in [0, 0.05) is 30.6 Å². The van der Waals surface area contributed by atoms with Gasteiger partial charge < -0.3 is 15.0 Å². The van der Waals surface area contributed by atoms with E-state index in [4.69, 9.17) is 4.74 Å². The number of carbonyl (C=O) groups excluding carboxylic acids is 2. The predicted octanol–water partition coefficient (Wildman–Crippen LogP) is 4.06. The Hall–Kier alpha value is -4.52. The number of rotatable bonds is 12. The molecule has 43 heavy (non-hydrogen) atoms. The van der Waals surface area contributed by atoms with Gasteiger partial charge in [-0.1, -0.05) is 42.5 Å². The molecule has 1 N–H and O–H groups in total. The number of benzene rings is 3. The van der Waals surface area contributed by atoms with Crippen molar-refractivity contribution in [2.75, 3.05) is 24.2 Å². The number of nitrogens with one attached hydrogen (secondary N) is 1. The first-order chi connectivity index (χ1) is 20.1. The van der Waals surface area contributed by atoms with Crippen LogP contribution in [-0.2, 0) is 32.6 Å². The summed E-state index contributed by atoms with van der Waals surface area (Å²) in [5.74, 6) is -1.76. The number of non-ortho nitro benzene ring substituents is 1. The van der Waals surface area contributed by atoms with E-state index in [1.165, 1.54) is 42.3 Å². The van der Waals surface area contributed by atoms with Crippen LogP contribution in [0.3, 0.4) is 0 Å². The first-order valence-corrected chi connectivity index (χ1v) is 15.1. The lowest BCUT2D eigenvalue weighted by Crippen LogP contribution is -2.56. The van der Waals surface area contributed by atoms with Crippen LogP contribution >= 0.6 is 0 Å². The smallest absolute Gasteiger partial charge is 0.271 e. The molecule has 0 spiro atoms. The second kappa shape index (κ2) is 13.6. The zero-order valence-electron chi connectivity index (χ0n) is 24.6. The largest absolute Gasteiger partial charge is 0.495 e. The van der Waals surface area contributed by atoms with Gasteiger partial charge in [0.25, 0.3) is 5.69 Å². The average Bonchev–Trinajstić information content (AvgIpc) is 2.93. The Bertz CT molecular complexity index is 1560. The van der Waals surface area contributed by atoms with E-state index < -0.39 is 56.4 Å². The molecule has 0 aliphatic rings. The first kappa shape index (κ1) is 33.0. The highest BCUT2D eigenvalue weighted by atomic mass is 32.2. The topological polar surface area (TPSA) is 139 Å². The van der Waals surface area contributed by atoms with Gasteiger partial charge in [-0.3, -0.25) is 24.0 Å². The number of sulfonamides is 1. The number of carbonyl (C=O) groups is 2. The normalized spacial score (nSPS) is 12.2. The Balaban J connectivity index is 2.14. The summed E-state index contributed by atoms with van der Waals surface area (Å²) in [5.41, 5.74) is -0.0465. The van der Waals surface area contributed by atoms with Crippen molar-refractivity contribution in [1.82, 2.24) is 10.2 Å². The fraction of sp³-hybridized carbons (Fsp3) is 0.333. The minimum Gasteiger partial charge on any atom is -0.495 e. The Morgan fingerprint density at radius 2 is 1.65 bits per heavy atom. The lowest BCUT2D eigenvalue weighted by molar-refractivity contribution is -0.384. The summed E-state index contributed by atoms with van der Waals surface area (Å²) in [6.07, 6.45) is 0.950. The number of methoxy groups -OCH3 is 1. The fourth-order valence-electron chi connectivity index (χ4n) is 4.37. The van der Waals surface area contributed by atoms with E-state index in [-0.39, 0.29) is 24.4 Å². The van der Waals surface area contributed by atoms with E-state index in [9.17, 15) is 32.5 Å². The Kier molecular flexibility index (Phi) is 10.5. The number of hydrogen-bond acceptors (Lipinski definition) is 7. The van der Waals surface area contributed by atoms with Crippen molar-refractivity contribution in [3.8, 4) is 5.75 Å². The summed E-state index contributed by atoms with van der Waals surface area (Å²) in [7, 11) is -2.94. The second-order valence-corrected chi connectivity index (χ2v) is 12.9. The molecule has 3 aromatic carbocycles. The van der Waals surface area contributed by atoms with Gasteiger partial charge in [0.1, 0.15) is 29.8 Å². The van der Waals surface area contributed by atoms with Crippen LogP contribution in [0.1, 0.15) is 31.9 Å². The quantitative estimate of drug-likeness (QED) is 0.240. The molecule has 0 aliphatic heterocycles. The van der Waals surface area contributed by atoms with E-state index >= 15 is 0 Å². The lowest BCUT2D eigenvalue weighted by atomic mass is 10.0. The number of amides is 2. The molecule has 1 atom stereocenters. The van der Waals surface area contributed by atoms with E-state index in [1.807, 2.05) is 6.07 Å². The molecule has 3 aromatic rings. The summed E-state index contributed by atoms with van der Waals surface area (Å²) >= 11 is 0. The molecular weight excluding hydrogens is 579 g/mol. The molecule has 0 heterocycles. The number of hydrogen-bond donors (Lipinski definition) is 1. The third-order valence-electron chi connectivity index (χ3n) is 6.36. The van der Waals surface area contributed by atoms with Crippen LogP contribution in [0, 0.1) is 15.9 Å². The summed E-state index contributed by atoms with van der Waals surface area (Å²) in [6, 6.07) is 16.7. The van der Waals surface area contributed by atoms with Crippen molar-refractivity contribution < 1.29 is 32.1 Å². The number of nitrogens with zero attached hydrogens (tertiary/aromatic N) is 3. The van der Waals surface area contributed by atoms with Crippen LogP contribution in [-0.4, -0.2) is 61.5 Å². The van der Waals surface area contributed by atoms with Gasteiger partial charge in [-0.25, -0.2) is 12.8 Å². The summed E-state index contributed by atoms with van der Waals surface area (Å²) in [5, 5.41) is 14.4. The molecule has 0 unspecified atom stereocenters. The van der Waals surface area contributed by atoms with E-state index in [0.717, 1.165) is 24.0 Å². The van der Waals surface area contributed by atoms with Crippen molar-refractivity contribution in [3.05, 3.63) is 99.9 Å². The third kappa shape index (κ3) is 9.23. The van der Waals surface area contributed by atoms with Gasteiger partial charge in [0.05, 0.1) is 18.3 Å². The SMILES string of the molecule is COc1ccc([N+](=O)[O-])cc1N(CC(=O)N(Cc1ccc(F)cc1)[C@@H](Cc1ccccc1)C(=O)NC(C)(C)C)S(C)(=O)=O. The monoisotopic (exact) mass is 614 g/mol. The van der Waals surface area contributed by atoms with Crippen LogP contribution in [0.2, 0.25) is 0 Å². The average molecular weight is 615 g/mol. The maximum absolute atomic E-state index is 14.2. The van der Waals surface area contributed by atoms with Gasteiger partial charge in [-0.15, -0.1) is 0 Å². The van der Waals surface area contributed by atoms with E-state index in [0.29, 0.717) is 9.87 Å². The van der Waals surface area contributed by atoms with Gasteiger partial charge in [-0.2, -0.15) is 0 Å². The van der Waals surface area contributed by atoms with E-state index in [1.54, 1.807) is 45.0 Å². The summed E-state index contributed by atoms with van der Waals surface area (Å²) in [6.45, 7) is 4.41. The molecule has 11 nitrogen and oxygen atoms in total. The van der Waals surface area contributed by atoms with Crippen LogP contribution in [0.25, 0.3) is 0 Å². The molecule has 0 aromatic heterocycles. The molecule has 0 saturated carbocycles. The highest BCUT2D eigenvalue weighted by Crippen LogP contribution is 2.34.